The van der Waals surface area contributed by atoms with Gasteiger partial charge in [0.05, 0.1) is 10.6 Å². The molecule has 1 aliphatic heterocycles. The van der Waals surface area contributed by atoms with Gasteiger partial charge in [-0.15, -0.1) is 12.3 Å². The summed E-state index contributed by atoms with van der Waals surface area (Å²) < 4.78 is 0.531. The molecule has 0 spiro atoms. The van der Waals surface area contributed by atoms with E-state index in [-0.39, 0.29) is 36.3 Å². The fourth-order valence-corrected chi connectivity index (χ4v) is 2.22. The van der Waals surface area contributed by atoms with E-state index >= 15 is 0 Å². The standard InChI is InChI=1S/C12H10BrN3O3/c1-3-8-4-11(17)15(6-8)12-10(16(18)19)5-9(13)7(2)14-12/h1,5,8H,4,6H2,2H3. The highest BCUT2D eigenvalue weighted by Gasteiger charge is 2.35. The molecule has 2 heterocycles. The maximum atomic E-state index is 11.9. The van der Waals surface area contributed by atoms with Crippen LogP contribution in [0.2, 0.25) is 0 Å². The van der Waals surface area contributed by atoms with E-state index in [1.165, 1.54) is 11.0 Å². The summed E-state index contributed by atoms with van der Waals surface area (Å²) in [5, 5.41) is 11.1. The zero-order valence-electron chi connectivity index (χ0n) is 10.1. The molecule has 2 rings (SSSR count). The van der Waals surface area contributed by atoms with Gasteiger partial charge in [-0.3, -0.25) is 19.8 Å². The zero-order chi connectivity index (χ0) is 14.2. The van der Waals surface area contributed by atoms with Gasteiger partial charge in [0.1, 0.15) is 0 Å². The molecule has 1 aromatic heterocycles. The van der Waals surface area contributed by atoms with E-state index in [0.29, 0.717) is 10.2 Å². The van der Waals surface area contributed by atoms with Crippen LogP contribution in [0, 0.1) is 35.3 Å². The number of hydrogen-bond acceptors (Lipinski definition) is 4. The molecule has 19 heavy (non-hydrogen) atoms. The number of nitro groups is 1. The largest absolute Gasteiger partial charge is 0.313 e. The van der Waals surface area contributed by atoms with Crippen LogP contribution in [0.4, 0.5) is 11.5 Å². The van der Waals surface area contributed by atoms with E-state index < -0.39 is 4.92 Å². The smallest absolute Gasteiger partial charge is 0.290 e. The summed E-state index contributed by atoms with van der Waals surface area (Å²) in [5.41, 5.74) is 0.376. The molecular formula is C12H10BrN3O3. The van der Waals surface area contributed by atoms with Crippen LogP contribution in [0.5, 0.6) is 0 Å². The molecule has 1 fully saturated rings. The first kappa shape index (κ1) is 13.5. The first-order valence-electron chi connectivity index (χ1n) is 5.52. The second-order valence-corrected chi connectivity index (χ2v) is 5.08. The monoisotopic (exact) mass is 323 g/mol. The van der Waals surface area contributed by atoms with Crippen LogP contribution in [0.3, 0.4) is 0 Å². The number of halogens is 1. The van der Waals surface area contributed by atoms with Crippen LogP contribution in [0.1, 0.15) is 12.1 Å². The molecule has 0 saturated carbocycles. The van der Waals surface area contributed by atoms with Gasteiger partial charge >= 0.3 is 5.69 Å². The molecule has 1 amide bonds. The van der Waals surface area contributed by atoms with Gasteiger partial charge in [-0.25, -0.2) is 4.98 Å². The van der Waals surface area contributed by atoms with E-state index in [2.05, 4.69) is 26.8 Å². The Morgan fingerprint density at radius 2 is 2.37 bits per heavy atom. The lowest BCUT2D eigenvalue weighted by atomic mass is 10.1. The Morgan fingerprint density at radius 1 is 1.68 bits per heavy atom. The van der Waals surface area contributed by atoms with Gasteiger partial charge in [-0.05, 0) is 22.9 Å². The molecular weight excluding hydrogens is 314 g/mol. The number of carbonyl (C=O) groups excluding carboxylic acids is 1. The molecule has 0 aromatic carbocycles. The van der Waals surface area contributed by atoms with Gasteiger partial charge in [0, 0.05) is 29.4 Å². The summed E-state index contributed by atoms with van der Waals surface area (Å²) in [6.45, 7) is 1.97. The third-order valence-electron chi connectivity index (χ3n) is 2.92. The molecule has 1 aromatic rings. The van der Waals surface area contributed by atoms with Crippen LogP contribution >= 0.6 is 15.9 Å². The summed E-state index contributed by atoms with van der Waals surface area (Å²) >= 11 is 3.20. The van der Waals surface area contributed by atoms with E-state index in [0.717, 1.165) is 0 Å². The molecule has 6 nitrogen and oxygen atoms in total. The topological polar surface area (TPSA) is 76.3 Å². The number of nitrogens with zero attached hydrogens (tertiary/aromatic N) is 3. The normalized spacial score (nSPS) is 18.5. The van der Waals surface area contributed by atoms with Crippen molar-refractivity contribution in [2.24, 2.45) is 5.92 Å². The summed E-state index contributed by atoms with van der Waals surface area (Å²) in [4.78, 5) is 27.8. The Balaban J connectivity index is 2.50. The highest BCUT2D eigenvalue weighted by molar-refractivity contribution is 9.10. The lowest BCUT2D eigenvalue weighted by molar-refractivity contribution is -0.384. The molecule has 1 aliphatic rings. The van der Waals surface area contributed by atoms with Crippen LogP contribution in [0.25, 0.3) is 0 Å². The van der Waals surface area contributed by atoms with Gasteiger partial charge < -0.3 is 0 Å². The average Bonchev–Trinajstić information content (AvgIpc) is 2.73. The maximum Gasteiger partial charge on any atom is 0.313 e. The molecule has 0 N–H and O–H groups in total. The van der Waals surface area contributed by atoms with E-state index in [9.17, 15) is 14.9 Å². The quantitative estimate of drug-likeness (QED) is 0.474. The highest BCUT2D eigenvalue weighted by Crippen LogP contribution is 2.34. The van der Waals surface area contributed by atoms with Crippen LogP contribution in [-0.2, 0) is 4.79 Å². The predicted molar refractivity (Wildman–Crippen MR) is 72.6 cm³/mol. The van der Waals surface area contributed by atoms with Crippen molar-refractivity contribution in [2.75, 3.05) is 11.4 Å². The molecule has 98 valence electrons. The molecule has 0 aliphatic carbocycles. The summed E-state index contributed by atoms with van der Waals surface area (Å²) in [5.74, 6) is 2.10. The van der Waals surface area contributed by atoms with Crippen LogP contribution in [-0.4, -0.2) is 22.4 Å². The van der Waals surface area contributed by atoms with Crippen molar-refractivity contribution in [2.45, 2.75) is 13.3 Å². The third kappa shape index (κ3) is 2.44. The predicted octanol–water partition coefficient (Wildman–Crippen LogP) is 2.05. The van der Waals surface area contributed by atoms with Gasteiger partial charge in [-0.1, -0.05) is 0 Å². The Kier molecular flexibility index (Phi) is 3.53. The van der Waals surface area contributed by atoms with Gasteiger partial charge in [0.25, 0.3) is 0 Å². The molecule has 1 unspecified atom stereocenters. The number of hydrogen-bond donors (Lipinski definition) is 0. The first-order valence-corrected chi connectivity index (χ1v) is 6.31. The minimum absolute atomic E-state index is 0.0634. The number of anilines is 1. The van der Waals surface area contributed by atoms with Gasteiger partial charge in [-0.2, -0.15) is 0 Å². The lowest BCUT2D eigenvalue weighted by Crippen LogP contribution is -2.26. The Bertz CT molecular complexity index is 609. The minimum Gasteiger partial charge on any atom is -0.290 e. The number of rotatable bonds is 2. The van der Waals surface area contributed by atoms with E-state index in [1.807, 2.05) is 0 Å². The Hall–Kier alpha value is -1.94. The second-order valence-electron chi connectivity index (χ2n) is 4.23. The van der Waals surface area contributed by atoms with E-state index in [4.69, 9.17) is 6.42 Å². The number of terminal acetylenes is 1. The number of amides is 1. The van der Waals surface area contributed by atoms with Gasteiger partial charge in [0.15, 0.2) is 0 Å². The second kappa shape index (κ2) is 4.97. The fourth-order valence-electron chi connectivity index (χ4n) is 1.92. The maximum absolute atomic E-state index is 11.9. The molecule has 0 bridgehead atoms. The van der Waals surface area contributed by atoms with Crippen molar-refractivity contribution in [3.8, 4) is 12.3 Å². The van der Waals surface area contributed by atoms with Crippen molar-refractivity contribution in [1.29, 1.82) is 0 Å². The zero-order valence-corrected chi connectivity index (χ0v) is 11.7. The minimum atomic E-state index is -0.553. The highest BCUT2D eigenvalue weighted by atomic mass is 79.9. The Labute approximate surface area is 118 Å². The lowest BCUT2D eigenvalue weighted by Gasteiger charge is -2.15. The third-order valence-corrected chi connectivity index (χ3v) is 3.73. The Morgan fingerprint density at radius 3 is 2.89 bits per heavy atom. The fraction of sp³-hybridized carbons (Fsp3) is 0.333. The number of pyridine rings is 1. The molecule has 0 radical (unpaired) electrons. The molecule has 1 saturated heterocycles. The SMILES string of the molecule is C#CC1CC(=O)N(c2nc(C)c(Br)cc2[N+](=O)[O-])C1. The first-order chi connectivity index (χ1) is 8.93. The van der Waals surface area contributed by atoms with E-state index in [1.54, 1.807) is 6.92 Å². The van der Waals surface area contributed by atoms with Crippen LogP contribution < -0.4 is 4.90 Å². The number of aromatic nitrogens is 1. The van der Waals surface area contributed by atoms with Crippen molar-refractivity contribution < 1.29 is 9.72 Å². The van der Waals surface area contributed by atoms with Crippen molar-refractivity contribution in [3.05, 3.63) is 26.3 Å². The number of aryl methyl sites for hydroxylation is 1. The average molecular weight is 324 g/mol. The van der Waals surface area contributed by atoms with Crippen molar-refractivity contribution in [3.63, 3.8) is 0 Å². The van der Waals surface area contributed by atoms with Crippen molar-refractivity contribution >= 4 is 33.3 Å². The molecule has 7 heteroatoms. The number of carbonyl (C=O) groups is 1. The molecule has 1 atom stereocenters. The van der Waals surface area contributed by atoms with Gasteiger partial charge in [0.2, 0.25) is 11.7 Å². The summed E-state index contributed by atoms with van der Waals surface area (Å²) in [6, 6.07) is 1.36. The van der Waals surface area contributed by atoms with Crippen molar-refractivity contribution in [1.82, 2.24) is 4.98 Å². The summed E-state index contributed by atoms with van der Waals surface area (Å²) in [7, 11) is 0. The van der Waals surface area contributed by atoms with Crippen LogP contribution in [0.15, 0.2) is 10.5 Å². The summed E-state index contributed by atoms with van der Waals surface area (Å²) in [6.07, 6.45) is 5.50.